The summed E-state index contributed by atoms with van der Waals surface area (Å²) >= 11 is 1.59. The lowest BCUT2D eigenvalue weighted by atomic mass is 9.89. The highest BCUT2D eigenvalue weighted by Crippen LogP contribution is 2.37. The molecule has 2 atom stereocenters. The largest absolute Gasteiger partial charge is 0.372 e. The molecule has 1 spiro atoms. The number of hydrogen-bond acceptors (Lipinski definition) is 6. The molecule has 6 heteroatoms. The molecule has 2 saturated heterocycles. The number of rotatable bonds is 4. The molecule has 3 heterocycles. The molecule has 2 fully saturated rings. The molecule has 0 radical (unpaired) electrons. The van der Waals surface area contributed by atoms with E-state index in [4.69, 9.17) is 9.47 Å². The molecule has 0 aromatic carbocycles. The summed E-state index contributed by atoms with van der Waals surface area (Å²) in [5, 5.41) is 9.07. The smallest absolute Gasteiger partial charge is 0.208 e. The molecule has 0 saturated carbocycles. The molecular weight excluding hydrogens is 262 g/mol. The van der Waals surface area contributed by atoms with Crippen molar-refractivity contribution in [2.45, 2.75) is 31.0 Å². The first-order valence-corrected chi connectivity index (χ1v) is 7.57. The number of nitrogens with zero attached hydrogens (tertiary/aromatic N) is 3. The lowest BCUT2D eigenvalue weighted by Gasteiger charge is -2.39. The summed E-state index contributed by atoms with van der Waals surface area (Å²) in [5.41, 5.74) is 1.72. The van der Waals surface area contributed by atoms with Gasteiger partial charge in [-0.25, -0.2) is 0 Å². The van der Waals surface area contributed by atoms with Gasteiger partial charge >= 0.3 is 0 Å². The number of aromatic nitrogens is 2. The van der Waals surface area contributed by atoms with E-state index in [0.717, 1.165) is 37.5 Å². The van der Waals surface area contributed by atoms with E-state index in [2.05, 4.69) is 21.7 Å². The van der Waals surface area contributed by atoms with Gasteiger partial charge in [0.05, 0.1) is 24.9 Å². The number of hydrogen-bond donors (Lipinski definition) is 0. The van der Waals surface area contributed by atoms with Crippen molar-refractivity contribution in [1.82, 2.24) is 10.2 Å². The Bertz CT molecular complexity index is 426. The molecular formula is C13H19N3O2S. The van der Waals surface area contributed by atoms with Crippen molar-refractivity contribution in [2.75, 3.05) is 31.2 Å². The van der Waals surface area contributed by atoms with Gasteiger partial charge < -0.3 is 14.4 Å². The summed E-state index contributed by atoms with van der Waals surface area (Å²) in [4.78, 5) is 2.29. The maximum atomic E-state index is 6.07. The van der Waals surface area contributed by atoms with E-state index in [-0.39, 0.29) is 11.7 Å². The predicted molar refractivity (Wildman–Crippen MR) is 74.6 cm³/mol. The zero-order valence-corrected chi connectivity index (χ0v) is 11.8. The summed E-state index contributed by atoms with van der Waals surface area (Å²) in [5.74, 6) is 0. The Hall–Kier alpha value is -0.980. The van der Waals surface area contributed by atoms with E-state index >= 15 is 0 Å². The van der Waals surface area contributed by atoms with E-state index in [1.807, 2.05) is 0 Å². The Balaban J connectivity index is 1.63. The lowest BCUT2D eigenvalue weighted by molar-refractivity contribution is -0.0111. The molecule has 0 amide bonds. The Labute approximate surface area is 117 Å². The molecule has 3 rings (SSSR count). The second kappa shape index (κ2) is 5.56. The third-order valence-electron chi connectivity index (χ3n) is 3.78. The fourth-order valence-electron chi connectivity index (χ4n) is 2.96. The second-order valence-corrected chi connectivity index (χ2v) is 6.00. The normalized spacial score (nSPS) is 30.9. The van der Waals surface area contributed by atoms with Gasteiger partial charge in [-0.3, -0.25) is 0 Å². The highest BCUT2D eigenvalue weighted by Gasteiger charge is 2.44. The molecule has 2 aliphatic heterocycles. The molecule has 2 aliphatic rings. The topological polar surface area (TPSA) is 47.5 Å². The van der Waals surface area contributed by atoms with Gasteiger partial charge in [-0.2, -0.15) is 0 Å². The first kappa shape index (κ1) is 13.0. The van der Waals surface area contributed by atoms with Crippen LogP contribution in [0, 0.1) is 0 Å². The number of anilines is 1. The van der Waals surface area contributed by atoms with Crippen molar-refractivity contribution in [2.24, 2.45) is 0 Å². The molecule has 19 heavy (non-hydrogen) atoms. The van der Waals surface area contributed by atoms with Crippen molar-refractivity contribution >= 4 is 16.5 Å². The average molecular weight is 281 g/mol. The second-order valence-electron chi connectivity index (χ2n) is 5.19. The van der Waals surface area contributed by atoms with Crippen LogP contribution in [0.2, 0.25) is 0 Å². The maximum absolute atomic E-state index is 6.07. The van der Waals surface area contributed by atoms with E-state index in [1.165, 1.54) is 0 Å². The quantitative estimate of drug-likeness (QED) is 0.789. The third kappa shape index (κ3) is 2.80. The van der Waals surface area contributed by atoms with Crippen molar-refractivity contribution < 1.29 is 9.47 Å². The monoisotopic (exact) mass is 281 g/mol. The molecule has 1 aromatic heterocycles. The minimum absolute atomic E-state index is 0.0598. The Morgan fingerprint density at radius 1 is 1.68 bits per heavy atom. The molecule has 104 valence electrons. The molecule has 5 nitrogen and oxygen atoms in total. The van der Waals surface area contributed by atoms with Gasteiger partial charge in [0.2, 0.25) is 5.13 Å². The standard InChI is InChI=1S/C13H19N3O2S/c1-2-6-17-11-7-13(18-8-11)4-3-5-16(9-13)12-15-14-10-19-12/h2,10-11H,1,3-9H2/t11-,13+/m1/s1. The molecule has 0 N–H and O–H groups in total. The Morgan fingerprint density at radius 2 is 2.63 bits per heavy atom. The predicted octanol–water partition coefficient (Wildman–Crippen LogP) is 1.87. The summed E-state index contributed by atoms with van der Waals surface area (Å²) in [7, 11) is 0. The Kier molecular flexibility index (Phi) is 3.81. The number of ether oxygens (including phenoxy) is 2. The van der Waals surface area contributed by atoms with Gasteiger partial charge in [-0.05, 0) is 12.8 Å². The van der Waals surface area contributed by atoms with Gasteiger partial charge in [0.15, 0.2) is 0 Å². The lowest BCUT2D eigenvalue weighted by Crippen LogP contribution is -2.48. The van der Waals surface area contributed by atoms with Gasteiger partial charge in [-0.1, -0.05) is 17.4 Å². The van der Waals surface area contributed by atoms with Crippen LogP contribution in [0.25, 0.3) is 0 Å². The van der Waals surface area contributed by atoms with E-state index in [1.54, 1.807) is 22.9 Å². The van der Waals surface area contributed by atoms with Gasteiger partial charge in [0.1, 0.15) is 5.51 Å². The first-order valence-electron chi connectivity index (χ1n) is 6.69. The zero-order chi connectivity index (χ0) is 13.1. The van der Waals surface area contributed by atoms with Gasteiger partial charge in [0.25, 0.3) is 0 Å². The molecule has 0 unspecified atom stereocenters. The Morgan fingerprint density at radius 3 is 3.42 bits per heavy atom. The van der Waals surface area contributed by atoms with E-state index < -0.39 is 0 Å². The highest BCUT2D eigenvalue weighted by atomic mass is 32.1. The van der Waals surface area contributed by atoms with Crippen molar-refractivity contribution in [3.05, 3.63) is 18.2 Å². The average Bonchev–Trinajstić information content (AvgIpc) is 3.07. The van der Waals surface area contributed by atoms with Gasteiger partial charge in [-0.15, -0.1) is 16.8 Å². The van der Waals surface area contributed by atoms with Gasteiger partial charge in [0, 0.05) is 19.5 Å². The van der Waals surface area contributed by atoms with E-state index in [0.29, 0.717) is 13.2 Å². The van der Waals surface area contributed by atoms with Crippen LogP contribution in [-0.4, -0.2) is 48.2 Å². The number of piperidine rings is 1. The fraction of sp³-hybridized carbons (Fsp3) is 0.692. The van der Waals surface area contributed by atoms with Crippen LogP contribution in [0.15, 0.2) is 18.2 Å². The van der Waals surface area contributed by atoms with Crippen LogP contribution in [0.1, 0.15) is 19.3 Å². The van der Waals surface area contributed by atoms with Crippen LogP contribution >= 0.6 is 11.3 Å². The van der Waals surface area contributed by atoms with Crippen LogP contribution in [0.4, 0.5) is 5.13 Å². The zero-order valence-electron chi connectivity index (χ0n) is 11.0. The molecule has 1 aromatic rings. The van der Waals surface area contributed by atoms with Crippen LogP contribution < -0.4 is 4.90 Å². The molecule has 0 bridgehead atoms. The van der Waals surface area contributed by atoms with Crippen LogP contribution in [-0.2, 0) is 9.47 Å². The first-order chi connectivity index (χ1) is 9.31. The van der Waals surface area contributed by atoms with Crippen LogP contribution in [0.3, 0.4) is 0 Å². The van der Waals surface area contributed by atoms with Crippen LogP contribution in [0.5, 0.6) is 0 Å². The van der Waals surface area contributed by atoms with Crippen molar-refractivity contribution in [3.63, 3.8) is 0 Å². The highest BCUT2D eigenvalue weighted by molar-refractivity contribution is 7.13. The van der Waals surface area contributed by atoms with Crippen molar-refractivity contribution in [3.8, 4) is 0 Å². The summed E-state index contributed by atoms with van der Waals surface area (Å²) in [6.45, 7) is 6.92. The molecule has 0 aliphatic carbocycles. The van der Waals surface area contributed by atoms with E-state index in [9.17, 15) is 0 Å². The third-order valence-corrected chi connectivity index (χ3v) is 4.53. The summed E-state index contributed by atoms with van der Waals surface area (Å²) in [6.07, 6.45) is 5.20. The maximum Gasteiger partial charge on any atom is 0.208 e. The summed E-state index contributed by atoms with van der Waals surface area (Å²) in [6, 6.07) is 0. The SMILES string of the molecule is C=CCO[C@H]1CO[C@@]2(CCCN(c3nncs3)C2)C1. The minimum Gasteiger partial charge on any atom is -0.372 e. The minimum atomic E-state index is -0.0598. The fourth-order valence-corrected chi connectivity index (χ4v) is 3.55. The van der Waals surface area contributed by atoms with Crippen molar-refractivity contribution in [1.29, 1.82) is 0 Å². The summed E-state index contributed by atoms with van der Waals surface area (Å²) < 4.78 is 11.8.